The average Bonchev–Trinajstić information content (AvgIpc) is 2.45. The molecule has 110 valence electrons. The van der Waals surface area contributed by atoms with Gasteiger partial charge in [0.05, 0.1) is 6.04 Å². The van der Waals surface area contributed by atoms with Gasteiger partial charge in [-0.05, 0) is 43.9 Å². The van der Waals surface area contributed by atoms with Crippen LogP contribution in [0.3, 0.4) is 0 Å². The number of hydrogen-bond acceptors (Lipinski definition) is 2. The summed E-state index contributed by atoms with van der Waals surface area (Å²) in [5.41, 5.74) is 0.960. The van der Waals surface area contributed by atoms with E-state index >= 15 is 0 Å². The van der Waals surface area contributed by atoms with Gasteiger partial charge >= 0.3 is 0 Å². The number of rotatable bonds is 4. The highest BCUT2D eigenvalue weighted by Crippen LogP contribution is 2.18. The quantitative estimate of drug-likeness (QED) is 0.925. The lowest BCUT2D eigenvalue weighted by atomic mass is 9.99. The molecule has 20 heavy (non-hydrogen) atoms. The van der Waals surface area contributed by atoms with Crippen molar-refractivity contribution in [3.63, 3.8) is 0 Å². The molecule has 4 heteroatoms. The number of nitrogens with zero attached hydrogens (tertiary/aromatic N) is 1. The third-order valence-corrected chi connectivity index (χ3v) is 4.40. The summed E-state index contributed by atoms with van der Waals surface area (Å²) in [6.45, 7) is 6.76. The number of amides is 1. The minimum atomic E-state index is -0.0692. The average molecular weight is 295 g/mol. The van der Waals surface area contributed by atoms with Gasteiger partial charge in [-0.1, -0.05) is 36.7 Å². The Morgan fingerprint density at radius 3 is 2.95 bits per heavy atom. The highest BCUT2D eigenvalue weighted by Gasteiger charge is 2.25. The van der Waals surface area contributed by atoms with Crippen LogP contribution in [0.5, 0.6) is 0 Å². The topological polar surface area (TPSA) is 32.3 Å². The lowest BCUT2D eigenvalue weighted by Crippen LogP contribution is -2.48. The first-order valence-electron chi connectivity index (χ1n) is 7.33. The molecule has 1 saturated heterocycles. The van der Waals surface area contributed by atoms with Gasteiger partial charge in [0, 0.05) is 18.1 Å². The zero-order valence-corrected chi connectivity index (χ0v) is 13.0. The summed E-state index contributed by atoms with van der Waals surface area (Å²) < 4.78 is 0. The molecule has 1 aliphatic rings. The van der Waals surface area contributed by atoms with Crippen molar-refractivity contribution in [2.45, 2.75) is 39.3 Å². The molecule has 1 N–H and O–H groups in total. The molecule has 1 aliphatic heterocycles. The minimum Gasteiger partial charge on any atom is -0.351 e. The van der Waals surface area contributed by atoms with Crippen molar-refractivity contribution in [3.8, 4) is 0 Å². The van der Waals surface area contributed by atoms with E-state index in [0.717, 1.165) is 18.7 Å². The number of hydrogen-bond donors (Lipinski definition) is 1. The monoisotopic (exact) mass is 294 g/mol. The minimum absolute atomic E-state index is 0.0692. The van der Waals surface area contributed by atoms with Crippen LogP contribution in [0, 0.1) is 5.92 Å². The third-order valence-electron chi connectivity index (χ3n) is 4.03. The van der Waals surface area contributed by atoms with Crippen molar-refractivity contribution in [1.82, 2.24) is 10.2 Å². The van der Waals surface area contributed by atoms with Gasteiger partial charge in [-0.3, -0.25) is 9.69 Å². The summed E-state index contributed by atoms with van der Waals surface area (Å²) in [5, 5.41) is 3.69. The summed E-state index contributed by atoms with van der Waals surface area (Å²) in [7, 11) is 0. The van der Waals surface area contributed by atoms with Crippen LogP contribution in [0.15, 0.2) is 24.3 Å². The van der Waals surface area contributed by atoms with E-state index in [1.807, 2.05) is 31.2 Å². The Bertz CT molecular complexity index is 464. The molecule has 2 rings (SSSR count). The van der Waals surface area contributed by atoms with Crippen molar-refractivity contribution in [3.05, 3.63) is 34.9 Å². The molecule has 1 aromatic rings. The number of piperidine rings is 1. The molecule has 0 aromatic heterocycles. The van der Waals surface area contributed by atoms with Crippen LogP contribution in [0.1, 0.15) is 32.3 Å². The maximum atomic E-state index is 12.2. The molecule has 2 unspecified atom stereocenters. The predicted octanol–water partition coefficient (Wildman–Crippen LogP) is 3.08. The molecule has 2 atom stereocenters. The van der Waals surface area contributed by atoms with Gasteiger partial charge in [0.2, 0.25) is 5.91 Å². The predicted molar refractivity (Wildman–Crippen MR) is 82.7 cm³/mol. The second-order valence-electron chi connectivity index (χ2n) is 5.73. The molecule has 1 aromatic carbocycles. The fraction of sp³-hybridized carbons (Fsp3) is 0.562. The largest absolute Gasteiger partial charge is 0.351 e. The standard InChI is InChI=1S/C16H23ClN2O/c1-12-6-5-9-19(11-12)13(2)16(20)18-10-14-7-3-4-8-15(14)17/h3-4,7-8,12-13H,5-6,9-11H2,1-2H3,(H,18,20). The first kappa shape index (κ1) is 15.3. The van der Waals surface area contributed by atoms with E-state index in [-0.39, 0.29) is 11.9 Å². The number of halogens is 1. The van der Waals surface area contributed by atoms with Crippen LogP contribution in [-0.2, 0) is 11.3 Å². The first-order chi connectivity index (χ1) is 9.58. The van der Waals surface area contributed by atoms with E-state index in [1.165, 1.54) is 12.8 Å². The van der Waals surface area contributed by atoms with Crippen molar-refractivity contribution in [2.75, 3.05) is 13.1 Å². The van der Waals surface area contributed by atoms with E-state index in [1.54, 1.807) is 0 Å². The van der Waals surface area contributed by atoms with Crippen molar-refractivity contribution in [1.29, 1.82) is 0 Å². The normalized spacial score (nSPS) is 21.4. The molecule has 1 amide bonds. The number of carbonyl (C=O) groups is 1. The van der Waals surface area contributed by atoms with Crippen LogP contribution < -0.4 is 5.32 Å². The van der Waals surface area contributed by atoms with Crippen LogP contribution >= 0.6 is 11.6 Å². The zero-order chi connectivity index (χ0) is 14.5. The zero-order valence-electron chi connectivity index (χ0n) is 12.2. The Kier molecular flexibility index (Phi) is 5.44. The molecular formula is C16H23ClN2O. The molecule has 0 radical (unpaired) electrons. The van der Waals surface area contributed by atoms with E-state index in [0.29, 0.717) is 17.5 Å². The fourth-order valence-corrected chi connectivity index (χ4v) is 2.92. The Morgan fingerprint density at radius 2 is 2.25 bits per heavy atom. The molecule has 0 spiro atoms. The first-order valence-corrected chi connectivity index (χ1v) is 7.71. The lowest BCUT2D eigenvalue weighted by molar-refractivity contribution is -0.126. The Balaban J connectivity index is 1.86. The maximum Gasteiger partial charge on any atom is 0.237 e. The van der Waals surface area contributed by atoms with Crippen LogP contribution in [0.4, 0.5) is 0 Å². The number of benzene rings is 1. The highest BCUT2D eigenvalue weighted by atomic mass is 35.5. The summed E-state index contributed by atoms with van der Waals surface area (Å²) >= 11 is 6.09. The molecule has 1 fully saturated rings. The van der Waals surface area contributed by atoms with Crippen molar-refractivity contribution in [2.24, 2.45) is 5.92 Å². The van der Waals surface area contributed by atoms with Gasteiger partial charge in [-0.2, -0.15) is 0 Å². The summed E-state index contributed by atoms with van der Waals surface area (Å²) in [6, 6.07) is 7.55. The van der Waals surface area contributed by atoms with Gasteiger partial charge in [0.15, 0.2) is 0 Å². The Labute approximate surface area is 126 Å². The van der Waals surface area contributed by atoms with Crippen molar-refractivity contribution >= 4 is 17.5 Å². The molecule has 0 saturated carbocycles. The second kappa shape index (κ2) is 7.09. The van der Waals surface area contributed by atoms with E-state index < -0.39 is 0 Å². The number of nitrogens with one attached hydrogen (secondary N) is 1. The van der Waals surface area contributed by atoms with Crippen LogP contribution in [0.25, 0.3) is 0 Å². The Hall–Kier alpha value is -1.06. The van der Waals surface area contributed by atoms with Gasteiger partial charge < -0.3 is 5.32 Å². The van der Waals surface area contributed by atoms with E-state index in [9.17, 15) is 4.79 Å². The molecule has 1 heterocycles. The molecule has 0 bridgehead atoms. The summed E-state index contributed by atoms with van der Waals surface area (Å²) in [5.74, 6) is 0.765. The van der Waals surface area contributed by atoms with E-state index in [2.05, 4.69) is 17.1 Å². The number of carbonyl (C=O) groups excluding carboxylic acids is 1. The lowest BCUT2D eigenvalue weighted by Gasteiger charge is -2.34. The van der Waals surface area contributed by atoms with Crippen LogP contribution in [-0.4, -0.2) is 29.9 Å². The summed E-state index contributed by atoms with van der Waals surface area (Å²) in [4.78, 5) is 14.5. The van der Waals surface area contributed by atoms with E-state index in [4.69, 9.17) is 11.6 Å². The van der Waals surface area contributed by atoms with Gasteiger partial charge in [-0.25, -0.2) is 0 Å². The third kappa shape index (κ3) is 3.97. The Morgan fingerprint density at radius 1 is 1.50 bits per heavy atom. The SMILES string of the molecule is CC1CCCN(C(C)C(=O)NCc2ccccc2Cl)C1. The van der Waals surface area contributed by atoms with Gasteiger partial charge in [-0.15, -0.1) is 0 Å². The second-order valence-corrected chi connectivity index (χ2v) is 6.13. The summed E-state index contributed by atoms with van der Waals surface area (Å²) in [6.07, 6.45) is 2.45. The molecule has 3 nitrogen and oxygen atoms in total. The maximum absolute atomic E-state index is 12.2. The van der Waals surface area contributed by atoms with Gasteiger partial charge in [0.25, 0.3) is 0 Å². The molecular weight excluding hydrogens is 272 g/mol. The number of likely N-dealkylation sites (tertiary alicyclic amines) is 1. The molecule has 0 aliphatic carbocycles. The smallest absolute Gasteiger partial charge is 0.237 e. The fourth-order valence-electron chi connectivity index (χ4n) is 2.72. The van der Waals surface area contributed by atoms with Crippen molar-refractivity contribution < 1.29 is 4.79 Å². The van der Waals surface area contributed by atoms with Gasteiger partial charge in [0.1, 0.15) is 0 Å². The van der Waals surface area contributed by atoms with Crippen LogP contribution in [0.2, 0.25) is 5.02 Å². The highest BCUT2D eigenvalue weighted by molar-refractivity contribution is 6.31.